The molecule has 3 heteroatoms. The summed E-state index contributed by atoms with van der Waals surface area (Å²) in [6.45, 7) is 4.85. The molecule has 0 aromatic heterocycles. The van der Waals surface area contributed by atoms with Crippen molar-refractivity contribution in [3.8, 4) is 5.75 Å². The van der Waals surface area contributed by atoms with Gasteiger partial charge in [-0.15, -0.1) is 0 Å². The van der Waals surface area contributed by atoms with E-state index in [0.717, 1.165) is 24.3 Å². The van der Waals surface area contributed by atoms with Gasteiger partial charge in [-0.3, -0.25) is 4.79 Å². The molecule has 0 spiro atoms. The van der Waals surface area contributed by atoms with E-state index < -0.39 is 0 Å². The van der Waals surface area contributed by atoms with E-state index in [2.05, 4.69) is 12.2 Å². The first kappa shape index (κ1) is 21.5. The van der Waals surface area contributed by atoms with E-state index in [1.54, 1.807) is 0 Å². The number of anilines is 1. The molecule has 0 unspecified atom stereocenters. The van der Waals surface area contributed by atoms with Gasteiger partial charge in [0.25, 0.3) is 0 Å². The molecule has 25 heavy (non-hydrogen) atoms. The van der Waals surface area contributed by atoms with E-state index in [-0.39, 0.29) is 5.91 Å². The first-order valence-corrected chi connectivity index (χ1v) is 10.3. The molecule has 0 bridgehead atoms. The Labute approximate surface area is 154 Å². The van der Waals surface area contributed by atoms with Gasteiger partial charge in [-0.1, -0.05) is 77.2 Å². The third kappa shape index (κ3) is 11.6. The van der Waals surface area contributed by atoms with Crippen LogP contribution in [-0.2, 0) is 4.79 Å². The molecule has 1 N–H and O–H groups in total. The average Bonchev–Trinajstić information content (AvgIpc) is 2.60. The standard InChI is InChI=1S/C22H37NO2/c1-3-5-6-7-8-9-10-11-12-13-14-18-22(24)23-20-16-15-17-21(19-20)25-4-2/h15-17,19H,3-14,18H2,1-2H3,(H,23,24). The second kappa shape index (κ2) is 14.8. The van der Waals surface area contributed by atoms with Gasteiger partial charge in [-0.25, -0.2) is 0 Å². The van der Waals surface area contributed by atoms with Crippen molar-refractivity contribution in [1.29, 1.82) is 0 Å². The second-order valence-corrected chi connectivity index (χ2v) is 6.79. The molecule has 142 valence electrons. The van der Waals surface area contributed by atoms with Crippen molar-refractivity contribution in [3.63, 3.8) is 0 Å². The normalized spacial score (nSPS) is 10.6. The Bertz CT molecular complexity index is 459. The molecule has 0 aliphatic rings. The van der Waals surface area contributed by atoms with E-state index in [9.17, 15) is 4.79 Å². The SMILES string of the molecule is CCCCCCCCCCCCCC(=O)Nc1cccc(OCC)c1. The summed E-state index contributed by atoms with van der Waals surface area (Å²) in [5.74, 6) is 0.902. The highest BCUT2D eigenvalue weighted by Crippen LogP contribution is 2.18. The lowest BCUT2D eigenvalue weighted by molar-refractivity contribution is -0.116. The van der Waals surface area contributed by atoms with Gasteiger partial charge in [0.15, 0.2) is 0 Å². The molecule has 0 radical (unpaired) electrons. The molecule has 1 rings (SSSR count). The Kier molecular flexibility index (Phi) is 12.7. The van der Waals surface area contributed by atoms with E-state index in [0.29, 0.717) is 13.0 Å². The highest BCUT2D eigenvalue weighted by atomic mass is 16.5. The van der Waals surface area contributed by atoms with Crippen LogP contribution in [-0.4, -0.2) is 12.5 Å². The summed E-state index contributed by atoms with van der Waals surface area (Å²) < 4.78 is 5.45. The first-order valence-electron chi connectivity index (χ1n) is 10.3. The van der Waals surface area contributed by atoms with Gasteiger partial charge in [-0.2, -0.15) is 0 Å². The van der Waals surface area contributed by atoms with Crippen LogP contribution in [0.2, 0.25) is 0 Å². The van der Waals surface area contributed by atoms with E-state index in [1.807, 2.05) is 31.2 Å². The smallest absolute Gasteiger partial charge is 0.224 e. The number of unbranched alkanes of at least 4 members (excludes halogenated alkanes) is 10. The summed E-state index contributed by atoms with van der Waals surface area (Å²) in [6.07, 6.45) is 14.9. The molecule has 0 saturated heterocycles. The molecule has 1 aromatic carbocycles. The number of benzene rings is 1. The number of hydrogen-bond donors (Lipinski definition) is 1. The topological polar surface area (TPSA) is 38.3 Å². The number of rotatable bonds is 15. The van der Waals surface area contributed by atoms with Crippen LogP contribution in [0.1, 0.15) is 90.9 Å². The van der Waals surface area contributed by atoms with Crippen LogP contribution in [0.25, 0.3) is 0 Å². The quantitative estimate of drug-likeness (QED) is 0.357. The maximum Gasteiger partial charge on any atom is 0.224 e. The summed E-state index contributed by atoms with van der Waals surface area (Å²) in [7, 11) is 0. The predicted molar refractivity (Wildman–Crippen MR) is 107 cm³/mol. The van der Waals surface area contributed by atoms with Crippen LogP contribution in [0.4, 0.5) is 5.69 Å². The summed E-state index contributed by atoms with van der Waals surface area (Å²) in [6, 6.07) is 7.59. The summed E-state index contributed by atoms with van der Waals surface area (Å²) in [4.78, 5) is 12.0. The Morgan fingerprint density at radius 1 is 0.880 bits per heavy atom. The molecule has 0 atom stereocenters. The van der Waals surface area contributed by atoms with Crippen LogP contribution >= 0.6 is 0 Å². The van der Waals surface area contributed by atoms with Crippen LogP contribution in [0.5, 0.6) is 5.75 Å². The van der Waals surface area contributed by atoms with Crippen molar-refractivity contribution in [1.82, 2.24) is 0 Å². The van der Waals surface area contributed by atoms with Gasteiger partial charge in [-0.05, 0) is 25.5 Å². The zero-order chi connectivity index (χ0) is 18.2. The fourth-order valence-electron chi connectivity index (χ4n) is 3.00. The second-order valence-electron chi connectivity index (χ2n) is 6.79. The van der Waals surface area contributed by atoms with Crippen LogP contribution in [0, 0.1) is 0 Å². The van der Waals surface area contributed by atoms with Gasteiger partial charge in [0.1, 0.15) is 5.75 Å². The van der Waals surface area contributed by atoms with Gasteiger partial charge in [0, 0.05) is 18.2 Å². The highest BCUT2D eigenvalue weighted by Gasteiger charge is 2.03. The van der Waals surface area contributed by atoms with Gasteiger partial charge in [0.2, 0.25) is 5.91 Å². The molecule has 0 heterocycles. The molecule has 0 saturated carbocycles. The molecule has 0 aliphatic carbocycles. The number of nitrogens with one attached hydrogen (secondary N) is 1. The first-order chi connectivity index (χ1) is 12.3. The molecule has 0 fully saturated rings. The van der Waals surface area contributed by atoms with Crippen molar-refractivity contribution in [2.75, 3.05) is 11.9 Å². The van der Waals surface area contributed by atoms with Crippen molar-refractivity contribution >= 4 is 11.6 Å². The van der Waals surface area contributed by atoms with Gasteiger partial charge in [0.05, 0.1) is 6.61 Å². The van der Waals surface area contributed by atoms with Gasteiger partial charge < -0.3 is 10.1 Å². The Morgan fingerprint density at radius 3 is 2.08 bits per heavy atom. The summed E-state index contributed by atoms with van der Waals surface area (Å²) >= 11 is 0. The lowest BCUT2D eigenvalue weighted by atomic mass is 10.1. The van der Waals surface area contributed by atoms with Crippen LogP contribution in [0.15, 0.2) is 24.3 Å². The monoisotopic (exact) mass is 347 g/mol. The summed E-state index contributed by atoms with van der Waals surface area (Å²) in [5, 5.41) is 2.96. The van der Waals surface area contributed by atoms with Crippen molar-refractivity contribution in [2.45, 2.75) is 90.9 Å². The highest BCUT2D eigenvalue weighted by molar-refractivity contribution is 5.90. The third-order valence-corrected chi connectivity index (χ3v) is 4.44. The molecular formula is C22H37NO2. The Balaban J connectivity index is 1.99. The van der Waals surface area contributed by atoms with Gasteiger partial charge >= 0.3 is 0 Å². The molecule has 0 aliphatic heterocycles. The molecule has 3 nitrogen and oxygen atoms in total. The zero-order valence-electron chi connectivity index (χ0n) is 16.3. The molecular weight excluding hydrogens is 310 g/mol. The van der Waals surface area contributed by atoms with E-state index >= 15 is 0 Å². The Hall–Kier alpha value is -1.51. The fraction of sp³-hybridized carbons (Fsp3) is 0.682. The Morgan fingerprint density at radius 2 is 1.48 bits per heavy atom. The largest absolute Gasteiger partial charge is 0.494 e. The number of carbonyl (C=O) groups is 1. The fourth-order valence-corrected chi connectivity index (χ4v) is 3.00. The number of carbonyl (C=O) groups excluding carboxylic acids is 1. The minimum atomic E-state index is 0.101. The lowest BCUT2D eigenvalue weighted by Crippen LogP contribution is -2.11. The maximum absolute atomic E-state index is 12.0. The number of amides is 1. The van der Waals surface area contributed by atoms with E-state index in [1.165, 1.54) is 57.8 Å². The lowest BCUT2D eigenvalue weighted by Gasteiger charge is -2.08. The van der Waals surface area contributed by atoms with Crippen molar-refractivity contribution in [3.05, 3.63) is 24.3 Å². The third-order valence-electron chi connectivity index (χ3n) is 4.44. The zero-order valence-corrected chi connectivity index (χ0v) is 16.3. The summed E-state index contributed by atoms with van der Waals surface area (Å²) in [5.41, 5.74) is 0.819. The van der Waals surface area contributed by atoms with Crippen LogP contribution < -0.4 is 10.1 Å². The number of ether oxygens (including phenoxy) is 1. The van der Waals surface area contributed by atoms with Crippen molar-refractivity contribution < 1.29 is 9.53 Å². The predicted octanol–water partition coefficient (Wildman–Crippen LogP) is 6.72. The number of hydrogen-bond acceptors (Lipinski definition) is 2. The van der Waals surface area contributed by atoms with E-state index in [4.69, 9.17) is 4.74 Å². The maximum atomic E-state index is 12.0. The molecule has 1 amide bonds. The van der Waals surface area contributed by atoms with Crippen molar-refractivity contribution in [2.24, 2.45) is 0 Å². The minimum Gasteiger partial charge on any atom is -0.494 e. The average molecular weight is 348 g/mol. The van der Waals surface area contributed by atoms with Crippen LogP contribution in [0.3, 0.4) is 0 Å². The minimum absolute atomic E-state index is 0.101. The molecule has 1 aromatic rings.